The number of urea groups is 1. The Morgan fingerprint density at radius 3 is 2.67 bits per heavy atom. The third-order valence-electron chi connectivity index (χ3n) is 5.89. The summed E-state index contributed by atoms with van der Waals surface area (Å²) < 4.78 is 19.7. The zero-order valence-electron chi connectivity index (χ0n) is 19.1. The number of piperazine rings is 1. The molecule has 0 spiro atoms. The number of rotatable bonds is 7. The lowest BCUT2D eigenvalue weighted by Gasteiger charge is -2.49. The van der Waals surface area contributed by atoms with Gasteiger partial charge in [-0.2, -0.15) is 0 Å². The minimum absolute atomic E-state index is 0.0629. The summed E-state index contributed by atoms with van der Waals surface area (Å²) in [7, 11) is 1.56. The summed E-state index contributed by atoms with van der Waals surface area (Å²) in [6.07, 6.45) is 1.17. The molecular weight excluding hydrogens is 429 g/mol. The molecule has 3 amide bonds. The van der Waals surface area contributed by atoms with E-state index >= 15 is 0 Å². The number of halogens is 1. The van der Waals surface area contributed by atoms with Crippen LogP contribution in [0, 0.1) is 12.7 Å². The Bertz CT molecular complexity index is 987. The van der Waals surface area contributed by atoms with Crippen molar-refractivity contribution in [2.75, 3.05) is 44.0 Å². The molecule has 1 fully saturated rings. The molecule has 1 aliphatic heterocycles. The maximum atomic E-state index is 14.4. The highest BCUT2D eigenvalue weighted by atomic mass is 19.1. The highest BCUT2D eigenvalue weighted by Crippen LogP contribution is 2.28. The van der Waals surface area contributed by atoms with Gasteiger partial charge in [-0.3, -0.25) is 14.8 Å². The molecule has 1 atom stereocenters. The molecule has 3 rings (SSSR count). The number of benzene rings is 1. The second kappa shape index (κ2) is 10.6. The molecule has 1 aromatic heterocycles. The van der Waals surface area contributed by atoms with E-state index in [0.29, 0.717) is 38.3 Å². The van der Waals surface area contributed by atoms with Crippen LogP contribution in [0.1, 0.15) is 24.6 Å². The molecule has 0 aliphatic carbocycles. The fourth-order valence-corrected chi connectivity index (χ4v) is 4.14. The highest BCUT2D eigenvalue weighted by molar-refractivity contribution is 5.99. The quantitative estimate of drug-likeness (QED) is 0.582. The van der Waals surface area contributed by atoms with Gasteiger partial charge in [-0.1, -0.05) is 13.0 Å². The summed E-state index contributed by atoms with van der Waals surface area (Å²) in [5.41, 5.74) is 1.53. The van der Waals surface area contributed by atoms with E-state index in [1.165, 1.54) is 17.2 Å². The van der Waals surface area contributed by atoms with Gasteiger partial charge in [0.1, 0.15) is 5.82 Å². The van der Waals surface area contributed by atoms with E-state index in [4.69, 9.17) is 4.74 Å². The molecule has 2 heterocycles. The maximum absolute atomic E-state index is 14.4. The van der Waals surface area contributed by atoms with Crippen LogP contribution < -0.4 is 10.6 Å². The Hall–Kier alpha value is -3.24. The van der Waals surface area contributed by atoms with Gasteiger partial charge in [-0.05, 0) is 43.2 Å². The molecular formula is C23H30FN5O4. The second-order valence-electron chi connectivity index (χ2n) is 8.24. The number of pyridine rings is 1. The first-order valence-corrected chi connectivity index (χ1v) is 10.8. The molecule has 33 heavy (non-hydrogen) atoms. The number of aryl methyl sites for hydroxylation is 1. The summed E-state index contributed by atoms with van der Waals surface area (Å²) in [6.45, 7) is 5.94. The van der Waals surface area contributed by atoms with Gasteiger partial charge in [0.2, 0.25) is 0 Å². The molecule has 1 aromatic carbocycles. The van der Waals surface area contributed by atoms with Gasteiger partial charge in [0, 0.05) is 39.0 Å². The van der Waals surface area contributed by atoms with Crippen molar-refractivity contribution in [2.45, 2.75) is 32.4 Å². The van der Waals surface area contributed by atoms with Crippen LogP contribution in [0.25, 0.3) is 0 Å². The van der Waals surface area contributed by atoms with Crippen LogP contribution in [-0.2, 0) is 11.3 Å². The van der Waals surface area contributed by atoms with E-state index in [1.54, 1.807) is 31.4 Å². The Morgan fingerprint density at radius 2 is 2.03 bits per heavy atom. The van der Waals surface area contributed by atoms with Crippen LogP contribution in [-0.4, -0.2) is 70.9 Å². The first kappa shape index (κ1) is 24.4. The fraction of sp³-hybridized carbons (Fsp3) is 0.435. The van der Waals surface area contributed by atoms with Gasteiger partial charge >= 0.3 is 12.1 Å². The number of amides is 3. The average Bonchev–Trinajstić information content (AvgIpc) is 2.77. The molecule has 0 unspecified atom stereocenters. The number of anilines is 2. The van der Waals surface area contributed by atoms with Crippen LogP contribution in [0.2, 0.25) is 0 Å². The molecule has 0 radical (unpaired) electrons. The van der Waals surface area contributed by atoms with Crippen molar-refractivity contribution in [3.8, 4) is 0 Å². The lowest BCUT2D eigenvalue weighted by Crippen LogP contribution is -2.65. The summed E-state index contributed by atoms with van der Waals surface area (Å²) in [6, 6.07) is 7.48. The normalized spacial score (nSPS) is 18.7. The van der Waals surface area contributed by atoms with Gasteiger partial charge < -0.3 is 20.5 Å². The largest absolute Gasteiger partial charge is 0.465 e. The fourth-order valence-electron chi connectivity index (χ4n) is 4.14. The Morgan fingerprint density at radius 1 is 1.24 bits per heavy atom. The molecule has 178 valence electrons. The predicted octanol–water partition coefficient (Wildman–Crippen LogP) is 3.76. The van der Waals surface area contributed by atoms with Crippen LogP contribution in [0.4, 0.5) is 25.4 Å². The van der Waals surface area contributed by atoms with Gasteiger partial charge in [0.15, 0.2) is 0 Å². The number of ether oxygens (including phenoxy) is 1. The molecule has 1 aliphatic rings. The number of hydrogen-bond donors (Lipinski definition) is 3. The molecule has 3 N–H and O–H groups in total. The number of nitrogens with zero attached hydrogens (tertiary/aromatic N) is 3. The van der Waals surface area contributed by atoms with Crippen molar-refractivity contribution < 1.29 is 23.8 Å². The standard InChI is InChI=1S/C23H30FN5O4/c1-4-23(15-33-3)14-28(9-10-29(23)22(31)32)13-17-6-8-19(24)20(11-17)27-21(30)26-18-7-5-16(2)25-12-18/h5-8,11-12H,4,9-10,13-15H2,1-3H3,(H,31,32)(H2,26,27,30)/t23-/m1/s1. The van der Waals surface area contributed by atoms with E-state index in [0.717, 1.165) is 11.3 Å². The summed E-state index contributed by atoms with van der Waals surface area (Å²) >= 11 is 0. The lowest BCUT2D eigenvalue weighted by molar-refractivity contribution is -0.0404. The van der Waals surface area contributed by atoms with E-state index in [9.17, 15) is 19.1 Å². The molecule has 10 heteroatoms. The SMILES string of the molecule is CC[C@]1(COC)CN(Cc2ccc(F)c(NC(=O)Nc3ccc(C)nc3)c2)CCN1C(=O)O. The van der Waals surface area contributed by atoms with Crippen molar-refractivity contribution in [1.82, 2.24) is 14.8 Å². The number of methoxy groups -OCH3 is 1. The van der Waals surface area contributed by atoms with Crippen LogP contribution in [0.15, 0.2) is 36.5 Å². The molecule has 0 bridgehead atoms. The zero-order valence-corrected chi connectivity index (χ0v) is 19.1. The van der Waals surface area contributed by atoms with Gasteiger partial charge in [0.25, 0.3) is 0 Å². The van der Waals surface area contributed by atoms with E-state index in [2.05, 4.69) is 20.5 Å². The number of carbonyl (C=O) groups excluding carboxylic acids is 1. The Labute approximate surface area is 192 Å². The highest BCUT2D eigenvalue weighted by Gasteiger charge is 2.43. The predicted molar refractivity (Wildman–Crippen MR) is 123 cm³/mol. The molecule has 1 saturated heterocycles. The summed E-state index contributed by atoms with van der Waals surface area (Å²) in [4.78, 5) is 31.8. The second-order valence-corrected chi connectivity index (χ2v) is 8.24. The van der Waals surface area contributed by atoms with Crippen molar-refractivity contribution in [3.05, 3.63) is 53.6 Å². The van der Waals surface area contributed by atoms with Crippen molar-refractivity contribution in [2.24, 2.45) is 0 Å². The minimum atomic E-state index is -0.961. The van der Waals surface area contributed by atoms with Crippen LogP contribution in [0.3, 0.4) is 0 Å². The smallest absolute Gasteiger partial charge is 0.407 e. The van der Waals surface area contributed by atoms with Gasteiger partial charge in [0.05, 0.1) is 29.7 Å². The van der Waals surface area contributed by atoms with Gasteiger partial charge in [-0.15, -0.1) is 0 Å². The number of carbonyl (C=O) groups is 2. The molecule has 2 aromatic rings. The lowest BCUT2D eigenvalue weighted by atomic mass is 9.91. The van der Waals surface area contributed by atoms with Crippen molar-refractivity contribution >= 4 is 23.5 Å². The van der Waals surface area contributed by atoms with Gasteiger partial charge in [-0.25, -0.2) is 14.0 Å². The number of hydrogen-bond acceptors (Lipinski definition) is 5. The van der Waals surface area contributed by atoms with Crippen molar-refractivity contribution in [3.63, 3.8) is 0 Å². The molecule has 9 nitrogen and oxygen atoms in total. The first-order valence-electron chi connectivity index (χ1n) is 10.8. The number of nitrogens with one attached hydrogen (secondary N) is 2. The Balaban J connectivity index is 1.69. The molecule has 0 saturated carbocycles. The Kier molecular flexibility index (Phi) is 7.83. The zero-order chi connectivity index (χ0) is 24.0. The number of aromatic nitrogens is 1. The summed E-state index contributed by atoms with van der Waals surface area (Å²) in [5, 5.41) is 14.8. The van der Waals surface area contributed by atoms with Crippen LogP contribution in [0.5, 0.6) is 0 Å². The summed E-state index contributed by atoms with van der Waals surface area (Å²) in [5.74, 6) is -0.547. The number of carboxylic acid groups (broad SMARTS) is 1. The third-order valence-corrected chi connectivity index (χ3v) is 5.89. The first-order chi connectivity index (χ1) is 15.8. The minimum Gasteiger partial charge on any atom is -0.465 e. The average molecular weight is 460 g/mol. The van der Waals surface area contributed by atoms with E-state index in [-0.39, 0.29) is 12.3 Å². The maximum Gasteiger partial charge on any atom is 0.407 e. The van der Waals surface area contributed by atoms with E-state index < -0.39 is 23.5 Å². The topological polar surface area (TPSA) is 107 Å². The monoisotopic (exact) mass is 459 g/mol. The van der Waals surface area contributed by atoms with Crippen LogP contribution >= 0.6 is 0 Å². The third kappa shape index (κ3) is 5.96. The van der Waals surface area contributed by atoms with E-state index in [1.807, 2.05) is 13.8 Å². The van der Waals surface area contributed by atoms with Crippen molar-refractivity contribution in [1.29, 1.82) is 0 Å².